The highest BCUT2D eigenvalue weighted by Gasteiger charge is 2.03. The maximum absolute atomic E-state index is 11.8. The van der Waals surface area contributed by atoms with Gasteiger partial charge in [-0.25, -0.2) is 4.39 Å². The zero-order valence-electron chi connectivity index (χ0n) is 7.13. The molecule has 0 aromatic carbocycles. The second-order valence-corrected chi connectivity index (χ2v) is 2.62. The Morgan fingerprint density at radius 2 is 2.42 bits per heavy atom. The van der Waals surface area contributed by atoms with Gasteiger partial charge >= 0.3 is 0 Å². The van der Waals surface area contributed by atoms with Crippen LogP contribution in [-0.2, 0) is 0 Å². The third-order valence-electron chi connectivity index (χ3n) is 1.68. The standard InChI is InChI=1S/C9H13FN2/c1-8(11-7-5-10)9-4-2-3-6-12-9/h2-4,6,8,11H,5,7H2,1H3/t8-/m1/s1. The monoisotopic (exact) mass is 168 g/mol. The fraction of sp³-hybridized carbons (Fsp3) is 0.444. The minimum absolute atomic E-state index is 0.127. The lowest BCUT2D eigenvalue weighted by atomic mass is 10.2. The summed E-state index contributed by atoms with van der Waals surface area (Å²) in [5.74, 6) is 0. The first kappa shape index (κ1) is 9.13. The highest BCUT2D eigenvalue weighted by atomic mass is 19.1. The predicted octanol–water partition coefficient (Wildman–Crippen LogP) is 1.70. The number of nitrogens with zero attached hydrogens (tertiary/aromatic N) is 1. The Morgan fingerprint density at radius 1 is 1.58 bits per heavy atom. The molecule has 0 aliphatic rings. The van der Waals surface area contributed by atoms with Crippen LogP contribution in [0.5, 0.6) is 0 Å². The van der Waals surface area contributed by atoms with Crippen molar-refractivity contribution < 1.29 is 4.39 Å². The molecule has 0 aliphatic carbocycles. The van der Waals surface area contributed by atoms with Crippen molar-refractivity contribution in [3.8, 4) is 0 Å². The van der Waals surface area contributed by atoms with Crippen molar-refractivity contribution in [2.24, 2.45) is 0 Å². The number of alkyl halides is 1. The van der Waals surface area contributed by atoms with Crippen LogP contribution in [0, 0.1) is 0 Å². The van der Waals surface area contributed by atoms with E-state index in [9.17, 15) is 4.39 Å². The van der Waals surface area contributed by atoms with Crippen LogP contribution in [0.3, 0.4) is 0 Å². The molecule has 0 amide bonds. The van der Waals surface area contributed by atoms with Crippen LogP contribution in [0.2, 0.25) is 0 Å². The molecule has 0 bridgehead atoms. The van der Waals surface area contributed by atoms with E-state index in [1.54, 1.807) is 6.20 Å². The lowest BCUT2D eigenvalue weighted by Crippen LogP contribution is -2.21. The van der Waals surface area contributed by atoms with Gasteiger partial charge < -0.3 is 5.32 Å². The van der Waals surface area contributed by atoms with E-state index in [1.807, 2.05) is 25.1 Å². The van der Waals surface area contributed by atoms with E-state index in [4.69, 9.17) is 0 Å². The van der Waals surface area contributed by atoms with Crippen molar-refractivity contribution in [1.82, 2.24) is 10.3 Å². The van der Waals surface area contributed by atoms with Gasteiger partial charge in [0.15, 0.2) is 0 Å². The molecule has 1 heterocycles. The summed E-state index contributed by atoms with van der Waals surface area (Å²) in [5.41, 5.74) is 0.950. The Hall–Kier alpha value is -0.960. The molecule has 0 saturated carbocycles. The van der Waals surface area contributed by atoms with Crippen molar-refractivity contribution in [3.05, 3.63) is 30.1 Å². The SMILES string of the molecule is C[C@@H](NCCF)c1ccccn1. The van der Waals surface area contributed by atoms with Crippen molar-refractivity contribution in [2.45, 2.75) is 13.0 Å². The molecule has 0 aliphatic heterocycles. The molecule has 1 rings (SSSR count). The average molecular weight is 168 g/mol. The maximum atomic E-state index is 11.8. The molecule has 1 atom stereocenters. The first-order valence-corrected chi connectivity index (χ1v) is 4.05. The van der Waals surface area contributed by atoms with E-state index in [-0.39, 0.29) is 12.7 Å². The van der Waals surface area contributed by atoms with E-state index in [1.165, 1.54) is 0 Å². The van der Waals surface area contributed by atoms with Gasteiger partial charge in [-0.05, 0) is 19.1 Å². The third-order valence-corrected chi connectivity index (χ3v) is 1.68. The van der Waals surface area contributed by atoms with Gasteiger partial charge in [0, 0.05) is 18.8 Å². The highest BCUT2D eigenvalue weighted by Crippen LogP contribution is 2.06. The van der Waals surface area contributed by atoms with Gasteiger partial charge in [0.25, 0.3) is 0 Å². The molecule has 0 unspecified atom stereocenters. The quantitative estimate of drug-likeness (QED) is 0.740. The maximum Gasteiger partial charge on any atom is 0.102 e. The topological polar surface area (TPSA) is 24.9 Å². The smallest absolute Gasteiger partial charge is 0.102 e. The lowest BCUT2D eigenvalue weighted by molar-refractivity contribution is 0.441. The van der Waals surface area contributed by atoms with Crippen LogP contribution in [-0.4, -0.2) is 18.2 Å². The summed E-state index contributed by atoms with van der Waals surface area (Å²) in [6.07, 6.45) is 1.74. The normalized spacial score (nSPS) is 12.8. The van der Waals surface area contributed by atoms with Gasteiger partial charge in [-0.15, -0.1) is 0 Å². The number of pyridine rings is 1. The number of halogens is 1. The zero-order chi connectivity index (χ0) is 8.81. The largest absolute Gasteiger partial charge is 0.306 e. The van der Waals surface area contributed by atoms with Gasteiger partial charge in [0.05, 0.1) is 5.69 Å². The Labute approximate surface area is 71.8 Å². The summed E-state index contributed by atoms with van der Waals surface area (Å²) in [7, 11) is 0. The van der Waals surface area contributed by atoms with Crippen molar-refractivity contribution in [2.75, 3.05) is 13.2 Å². The number of rotatable bonds is 4. The number of aromatic nitrogens is 1. The van der Waals surface area contributed by atoms with Crippen LogP contribution < -0.4 is 5.32 Å². The second-order valence-electron chi connectivity index (χ2n) is 2.62. The molecule has 1 aromatic rings. The van der Waals surface area contributed by atoms with E-state index >= 15 is 0 Å². The number of hydrogen-bond acceptors (Lipinski definition) is 2. The molecular formula is C9H13FN2. The summed E-state index contributed by atoms with van der Waals surface area (Å²) >= 11 is 0. The second kappa shape index (κ2) is 4.83. The highest BCUT2D eigenvalue weighted by molar-refractivity contribution is 5.07. The third kappa shape index (κ3) is 2.58. The van der Waals surface area contributed by atoms with Crippen LogP contribution >= 0.6 is 0 Å². The fourth-order valence-electron chi connectivity index (χ4n) is 1.01. The van der Waals surface area contributed by atoms with Gasteiger partial charge in [-0.2, -0.15) is 0 Å². The molecule has 2 nitrogen and oxygen atoms in total. The molecule has 0 fully saturated rings. The fourth-order valence-corrected chi connectivity index (χ4v) is 1.01. The van der Waals surface area contributed by atoms with Gasteiger partial charge in [-0.3, -0.25) is 4.98 Å². The number of nitrogens with one attached hydrogen (secondary N) is 1. The molecular weight excluding hydrogens is 155 g/mol. The minimum Gasteiger partial charge on any atom is -0.306 e. The van der Waals surface area contributed by atoms with E-state index < -0.39 is 0 Å². The van der Waals surface area contributed by atoms with Crippen LogP contribution in [0.25, 0.3) is 0 Å². The van der Waals surface area contributed by atoms with E-state index in [2.05, 4.69) is 10.3 Å². The summed E-state index contributed by atoms with van der Waals surface area (Å²) < 4.78 is 11.8. The molecule has 0 spiro atoms. The molecule has 1 N–H and O–H groups in total. The van der Waals surface area contributed by atoms with Gasteiger partial charge in [-0.1, -0.05) is 6.07 Å². The summed E-state index contributed by atoms with van der Waals surface area (Å²) in [6, 6.07) is 5.85. The average Bonchev–Trinajstić information content (AvgIpc) is 2.15. The summed E-state index contributed by atoms with van der Waals surface area (Å²) in [5, 5.41) is 3.01. The Bertz CT molecular complexity index is 213. The van der Waals surface area contributed by atoms with Crippen LogP contribution in [0.1, 0.15) is 18.7 Å². The molecule has 12 heavy (non-hydrogen) atoms. The minimum atomic E-state index is -0.336. The molecule has 1 aromatic heterocycles. The van der Waals surface area contributed by atoms with Gasteiger partial charge in [0.1, 0.15) is 6.67 Å². The van der Waals surface area contributed by atoms with Crippen molar-refractivity contribution in [3.63, 3.8) is 0 Å². The molecule has 3 heteroatoms. The predicted molar refractivity (Wildman–Crippen MR) is 46.6 cm³/mol. The van der Waals surface area contributed by atoms with E-state index in [0.717, 1.165) is 5.69 Å². The van der Waals surface area contributed by atoms with Crippen LogP contribution in [0.4, 0.5) is 4.39 Å². The van der Waals surface area contributed by atoms with E-state index in [0.29, 0.717) is 6.54 Å². The van der Waals surface area contributed by atoms with Gasteiger partial charge in [0.2, 0.25) is 0 Å². The number of hydrogen-bond donors (Lipinski definition) is 1. The Balaban J connectivity index is 2.48. The Kier molecular flexibility index (Phi) is 3.67. The first-order valence-electron chi connectivity index (χ1n) is 4.05. The lowest BCUT2D eigenvalue weighted by Gasteiger charge is -2.10. The van der Waals surface area contributed by atoms with Crippen LogP contribution in [0.15, 0.2) is 24.4 Å². The molecule has 0 radical (unpaired) electrons. The van der Waals surface area contributed by atoms with Crippen molar-refractivity contribution in [1.29, 1.82) is 0 Å². The first-order chi connectivity index (χ1) is 5.84. The molecule has 66 valence electrons. The summed E-state index contributed by atoms with van der Waals surface area (Å²) in [6.45, 7) is 2.02. The Morgan fingerprint density at radius 3 is 3.00 bits per heavy atom. The molecule has 0 saturated heterocycles. The zero-order valence-corrected chi connectivity index (χ0v) is 7.13. The van der Waals surface area contributed by atoms with Crippen molar-refractivity contribution >= 4 is 0 Å². The summed E-state index contributed by atoms with van der Waals surface area (Å²) in [4.78, 5) is 4.15.